The van der Waals surface area contributed by atoms with E-state index in [1.807, 2.05) is 35.3 Å². The fourth-order valence-electron chi connectivity index (χ4n) is 3.15. The highest BCUT2D eigenvalue weighted by Crippen LogP contribution is 2.23. The molecule has 130 valence electrons. The average molecular weight is 349 g/mol. The summed E-state index contributed by atoms with van der Waals surface area (Å²) in [5.74, 6) is 0.189. The molecule has 24 heavy (non-hydrogen) atoms. The summed E-state index contributed by atoms with van der Waals surface area (Å²) in [7, 11) is 0. The Labute approximate surface area is 149 Å². The van der Waals surface area contributed by atoms with Gasteiger partial charge in [-0.3, -0.25) is 9.48 Å². The first-order valence-corrected chi connectivity index (χ1v) is 8.29. The van der Waals surface area contributed by atoms with E-state index in [9.17, 15) is 4.79 Å². The van der Waals surface area contributed by atoms with E-state index in [-0.39, 0.29) is 30.3 Å². The van der Waals surface area contributed by atoms with Gasteiger partial charge < -0.3 is 11.1 Å². The molecule has 5 nitrogen and oxygen atoms in total. The SMILES string of the molecule is Cl.NC1CCCC(C(=O)NCc2cnn(Cc3ccccc3)c2)C1. The zero-order chi connectivity index (χ0) is 16.1. The summed E-state index contributed by atoms with van der Waals surface area (Å²) < 4.78 is 1.90. The van der Waals surface area contributed by atoms with Crippen molar-refractivity contribution in [3.8, 4) is 0 Å². The lowest BCUT2D eigenvalue weighted by Gasteiger charge is -2.25. The van der Waals surface area contributed by atoms with E-state index >= 15 is 0 Å². The van der Waals surface area contributed by atoms with Crippen LogP contribution in [0.4, 0.5) is 0 Å². The van der Waals surface area contributed by atoms with Crippen LogP contribution in [0.2, 0.25) is 0 Å². The second-order valence-electron chi connectivity index (χ2n) is 6.37. The van der Waals surface area contributed by atoms with Crippen LogP contribution in [0.5, 0.6) is 0 Å². The van der Waals surface area contributed by atoms with Crippen LogP contribution in [0.25, 0.3) is 0 Å². The number of hydrogen-bond donors (Lipinski definition) is 2. The van der Waals surface area contributed by atoms with Crippen LogP contribution in [0.15, 0.2) is 42.7 Å². The second kappa shape index (κ2) is 8.85. The fourth-order valence-corrected chi connectivity index (χ4v) is 3.15. The van der Waals surface area contributed by atoms with Gasteiger partial charge in [0.15, 0.2) is 0 Å². The van der Waals surface area contributed by atoms with E-state index in [1.54, 1.807) is 0 Å². The zero-order valence-electron chi connectivity index (χ0n) is 13.7. The smallest absolute Gasteiger partial charge is 0.223 e. The first-order chi connectivity index (χ1) is 11.2. The topological polar surface area (TPSA) is 72.9 Å². The molecule has 2 unspecified atom stereocenters. The maximum absolute atomic E-state index is 12.2. The molecular formula is C18H25ClN4O. The Balaban J connectivity index is 0.00000208. The van der Waals surface area contributed by atoms with Crippen molar-refractivity contribution in [2.75, 3.05) is 0 Å². The van der Waals surface area contributed by atoms with E-state index in [4.69, 9.17) is 5.73 Å². The number of nitrogens with one attached hydrogen (secondary N) is 1. The molecule has 1 aliphatic rings. The number of carbonyl (C=O) groups is 1. The molecule has 3 N–H and O–H groups in total. The highest BCUT2D eigenvalue weighted by Gasteiger charge is 2.24. The van der Waals surface area contributed by atoms with Gasteiger partial charge in [-0.25, -0.2) is 0 Å². The van der Waals surface area contributed by atoms with Gasteiger partial charge in [0.1, 0.15) is 0 Å². The zero-order valence-corrected chi connectivity index (χ0v) is 14.5. The molecule has 0 saturated heterocycles. The number of carbonyl (C=O) groups excluding carboxylic acids is 1. The quantitative estimate of drug-likeness (QED) is 0.871. The Morgan fingerprint density at radius 1 is 1.25 bits per heavy atom. The number of nitrogens with zero attached hydrogens (tertiary/aromatic N) is 2. The fraction of sp³-hybridized carbons (Fsp3) is 0.444. The largest absolute Gasteiger partial charge is 0.352 e. The number of halogens is 1. The third-order valence-electron chi connectivity index (χ3n) is 4.43. The van der Waals surface area contributed by atoms with Gasteiger partial charge in [-0.15, -0.1) is 12.4 Å². The molecule has 0 bridgehead atoms. The minimum Gasteiger partial charge on any atom is -0.352 e. The van der Waals surface area contributed by atoms with Crippen LogP contribution in [0.3, 0.4) is 0 Å². The summed E-state index contributed by atoms with van der Waals surface area (Å²) in [6, 6.07) is 10.4. The minimum absolute atomic E-state index is 0. The van der Waals surface area contributed by atoms with E-state index < -0.39 is 0 Å². The van der Waals surface area contributed by atoms with Crippen LogP contribution in [-0.2, 0) is 17.9 Å². The maximum Gasteiger partial charge on any atom is 0.223 e. The number of aromatic nitrogens is 2. The number of hydrogen-bond acceptors (Lipinski definition) is 3. The molecule has 2 aromatic rings. The van der Waals surface area contributed by atoms with E-state index in [0.717, 1.165) is 37.8 Å². The van der Waals surface area contributed by atoms with Crippen molar-refractivity contribution < 1.29 is 4.79 Å². The molecule has 0 radical (unpaired) electrons. The average Bonchev–Trinajstić information content (AvgIpc) is 3.01. The number of rotatable bonds is 5. The molecule has 2 atom stereocenters. The molecule has 0 spiro atoms. The van der Waals surface area contributed by atoms with Crippen LogP contribution in [-0.4, -0.2) is 21.7 Å². The van der Waals surface area contributed by atoms with Crippen molar-refractivity contribution in [3.63, 3.8) is 0 Å². The monoisotopic (exact) mass is 348 g/mol. The number of nitrogens with two attached hydrogens (primary N) is 1. The number of benzene rings is 1. The van der Waals surface area contributed by atoms with Crippen molar-refractivity contribution in [3.05, 3.63) is 53.9 Å². The van der Waals surface area contributed by atoms with Gasteiger partial charge in [-0.2, -0.15) is 5.10 Å². The third-order valence-corrected chi connectivity index (χ3v) is 4.43. The van der Waals surface area contributed by atoms with Crippen molar-refractivity contribution in [1.29, 1.82) is 0 Å². The molecule has 1 aliphatic carbocycles. The first-order valence-electron chi connectivity index (χ1n) is 8.29. The predicted molar refractivity (Wildman–Crippen MR) is 96.8 cm³/mol. The van der Waals surface area contributed by atoms with Crippen molar-refractivity contribution >= 4 is 18.3 Å². The Hall–Kier alpha value is -1.85. The van der Waals surface area contributed by atoms with Crippen molar-refractivity contribution in [1.82, 2.24) is 15.1 Å². The Kier molecular flexibility index (Phi) is 6.82. The van der Waals surface area contributed by atoms with E-state index in [2.05, 4.69) is 22.5 Å². The minimum atomic E-state index is 0. The molecule has 1 saturated carbocycles. The summed E-state index contributed by atoms with van der Waals surface area (Å²) in [5, 5.41) is 7.38. The Morgan fingerprint density at radius 2 is 2.04 bits per heavy atom. The summed E-state index contributed by atoms with van der Waals surface area (Å²) in [5.41, 5.74) is 8.19. The summed E-state index contributed by atoms with van der Waals surface area (Å²) in [6.45, 7) is 1.27. The molecule has 1 aromatic carbocycles. The molecule has 0 aliphatic heterocycles. The molecule has 1 fully saturated rings. The Bertz CT molecular complexity index is 643. The van der Waals surface area contributed by atoms with Gasteiger partial charge in [-0.05, 0) is 24.8 Å². The summed E-state index contributed by atoms with van der Waals surface area (Å²) >= 11 is 0. The lowest BCUT2D eigenvalue weighted by atomic mass is 9.85. The molecule has 1 aromatic heterocycles. The maximum atomic E-state index is 12.2. The van der Waals surface area contributed by atoms with Gasteiger partial charge in [-0.1, -0.05) is 36.8 Å². The van der Waals surface area contributed by atoms with E-state index in [0.29, 0.717) is 6.54 Å². The molecule has 3 rings (SSSR count). The van der Waals surface area contributed by atoms with Crippen molar-refractivity contribution in [2.24, 2.45) is 11.7 Å². The van der Waals surface area contributed by atoms with Gasteiger partial charge >= 0.3 is 0 Å². The molecular weight excluding hydrogens is 324 g/mol. The van der Waals surface area contributed by atoms with Crippen LogP contribution in [0, 0.1) is 5.92 Å². The lowest BCUT2D eigenvalue weighted by molar-refractivity contribution is -0.126. The van der Waals surface area contributed by atoms with E-state index in [1.165, 1.54) is 5.56 Å². The second-order valence-corrected chi connectivity index (χ2v) is 6.37. The van der Waals surface area contributed by atoms with Crippen LogP contribution >= 0.6 is 12.4 Å². The van der Waals surface area contributed by atoms with Gasteiger partial charge in [0.2, 0.25) is 5.91 Å². The predicted octanol–water partition coefficient (Wildman–Crippen LogP) is 2.49. The Morgan fingerprint density at radius 3 is 2.79 bits per heavy atom. The van der Waals surface area contributed by atoms with Gasteiger partial charge in [0.05, 0.1) is 12.7 Å². The first kappa shape index (κ1) is 18.5. The van der Waals surface area contributed by atoms with Crippen LogP contribution in [0.1, 0.15) is 36.8 Å². The van der Waals surface area contributed by atoms with Crippen LogP contribution < -0.4 is 11.1 Å². The lowest BCUT2D eigenvalue weighted by Crippen LogP contribution is -2.37. The van der Waals surface area contributed by atoms with Gasteiger partial charge in [0, 0.05) is 30.3 Å². The third kappa shape index (κ3) is 5.08. The molecule has 1 heterocycles. The normalized spacial score (nSPS) is 20.2. The highest BCUT2D eigenvalue weighted by molar-refractivity contribution is 5.85. The standard InChI is InChI=1S/C18H24N4O.ClH/c19-17-8-4-7-16(9-17)18(23)20-10-15-11-21-22(13-15)12-14-5-2-1-3-6-14;/h1-3,5-6,11,13,16-17H,4,7-10,12,19H2,(H,20,23);1H. The van der Waals surface area contributed by atoms with Gasteiger partial charge in [0.25, 0.3) is 0 Å². The molecule has 1 amide bonds. The summed E-state index contributed by atoms with van der Waals surface area (Å²) in [6.07, 6.45) is 7.64. The van der Waals surface area contributed by atoms with Crippen molar-refractivity contribution in [2.45, 2.75) is 44.8 Å². The number of amides is 1. The highest BCUT2D eigenvalue weighted by atomic mass is 35.5. The molecule has 6 heteroatoms. The summed E-state index contributed by atoms with van der Waals surface area (Å²) in [4.78, 5) is 12.2.